The average Bonchev–Trinajstić information content (AvgIpc) is 2.61. The number of benzene rings is 2. The van der Waals surface area contributed by atoms with E-state index in [1.54, 1.807) is 0 Å². The summed E-state index contributed by atoms with van der Waals surface area (Å²) in [5.41, 5.74) is 3.02. The number of fused-ring (bicyclic) bond motifs is 1. The fraction of sp³-hybridized carbons (Fsp3) is 0.300. The molecule has 0 saturated carbocycles. The SMILES string of the molecule is C[C@@H]1CN(c2nc(-c3ccccc3)c3cc(Br)ccc3n2)C[C@H](C)O1. The Balaban J connectivity index is 1.88. The van der Waals surface area contributed by atoms with Gasteiger partial charge >= 0.3 is 0 Å². The van der Waals surface area contributed by atoms with Crippen LogP contribution < -0.4 is 4.90 Å². The predicted molar refractivity (Wildman–Crippen MR) is 105 cm³/mol. The van der Waals surface area contributed by atoms with E-state index >= 15 is 0 Å². The predicted octanol–water partition coefficient (Wildman–Crippen LogP) is 4.67. The van der Waals surface area contributed by atoms with Crippen LogP contribution in [0.2, 0.25) is 0 Å². The summed E-state index contributed by atoms with van der Waals surface area (Å²) < 4.78 is 6.88. The molecule has 1 fully saturated rings. The lowest BCUT2D eigenvalue weighted by molar-refractivity contribution is -0.00569. The number of ether oxygens (including phenoxy) is 1. The van der Waals surface area contributed by atoms with Gasteiger partial charge in [-0.2, -0.15) is 0 Å². The molecule has 3 aromatic rings. The molecular weight excluding hydrogens is 378 g/mol. The molecule has 0 bridgehead atoms. The molecule has 0 aliphatic carbocycles. The normalized spacial score (nSPS) is 20.8. The minimum absolute atomic E-state index is 0.174. The van der Waals surface area contributed by atoms with Crippen LogP contribution in [0.5, 0.6) is 0 Å². The van der Waals surface area contributed by atoms with Gasteiger partial charge in [0.1, 0.15) is 0 Å². The van der Waals surface area contributed by atoms with Crippen molar-refractivity contribution in [3.05, 3.63) is 53.0 Å². The number of morpholine rings is 1. The van der Waals surface area contributed by atoms with Crippen molar-refractivity contribution in [2.75, 3.05) is 18.0 Å². The number of rotatable bonds is 2. The Morgan fingerprint density at radius 2 is 1.72 bits per heavy atom. The first-order chi connectivity index (χ1) is 12.1. The van der Waals surface area contributed by atoms with Gasteiger partial charge in [-0.25, -0.2) is 9.97 Å². The van der Waals surface area contributed by atoms with Crippen molar-refractivity contribution < 1.29 is 4.74 Å². The number of hydrogen-bond acceptors (Lipinski definition) is 4. The smallest absolute Gasteiger partial charge is 0.226 e. The molecule has 0 unspecified atom stereocenters. The van der Waals surface area contributed by atoms with Gasteiger partial charge in [-0.3, -0.25) is 0 Å². The maximum absolute atomic E-state index is 5.85. The summed E-state index contributed by atoms with van der Waals surface area (Å²) in [7, 11) is 0. The summed E-state index contributed by atoms with van der Waals surface area (Å²) in [5, 5.41) is 1.05. The number of halogens is 1. The molecule has 4 rings (SSSR count). The molecule has 0 amide bonds. The van der Waals surface area contributed by atoms with E-state index in [0.717, 1.165) is 45.7 Å². The molecule has 2 aromatic carbocycles. The third kappa shape index (κ3) is 3.39. The number of aromatic nitrogens is 2. The first-order valence-corrected chi connectivity index (χ1v) is 9.32. The summed E-state index contributed by atoms with van der Waals surface area (Å²) in [6, 6.07) is 16.5. The molecular formula is C20H20BrN3O. The molecule has 1 aliphatic heterocycles. The van der Waals surface area contributed by atoms with E-state index in [9.17, 15) is 0 Å². The largest absolute Gasteiger partial charge is 0.372 e. The van der Waals surface area contributed by atoms with Crippen molar-refractivity contribution in [1.29, 1.82) is 0 Å². The Bertz CT molecular complexity index is 890. The van der Waals surface area contributed by atoms with Crippen molar-refractivity contribution in [2.24, 2.45) is 0 Å². The Kier molecular flexibility index (Phi) is 4.44. The van der Waals surface area contributed by atoms with E-state index in [2.05, 4.69) is 52.9 Å². The van der Waals surface area contributed by atoms with Gasteiger partial charge in [0.15, 0.2) is 0 Å². The zero-order valence-electron chi connectivity index (χ0n) is 14.3. The van der Waals surface area contributed by atoms with E-state index < -0.39 is 0 Å². The van der Waals surface area contributed by atoms with Crippen LogP contribution in [0.1, 0.15) is 13.8 Å². The highest BCUT2D eigenvalue weighted by atomic mass is 79.9. The van der Waals surface area contributed by atoms with E-state index in [4.69, 9.17) is 14.7 Å². The fourth-order valence-electron chi connectivity index (χ4n) is 3.39. The van der Waals surface area contributed by atoms with Gasteiger partial charge in [0.25, 0.3) is 0 Å². The fourth-order valence-corrected chi connectivity index (χ4v) is 3.75. The van der Waals surface area contributed by atoms with Crippen molar-refractivity contribution >= 4 is 32.8 Å². The van der Waals surface area contributed by atoms with Gasteiger partial charge in [-0.15, -0.1) is 0 Å². The molecule has 0 spiro atoms. The maximum Gasteiger partial charge on any atom is 0.226 e. The van der Waals surface area contributed by atoms with Gasteiger partial charge in [0, 0.05) is 28.5 Å². The minimum Gasteiger partial charge on any atom is -0.372 e. The van der Waals surface area contributed by atoms with E-state index in [1.165, 1.54) is 0 Å². The second-order valence-corrected chi connectivity index (χ2v) is 7.48. The highest BCUT2D eigenvalue weighted by Crippen LogP contribution is 2.31. The number of hydrogen-bond donors (Lipinski definition) is 0. The first-order valence-electron chi connectivity index (χ1n) is 8.53. The lowest BCUT2D eigenvalue weighted by atomic mass is 10.1. The molecule has 25 heavy (non-hydrogen) atoms. The first kappa shape index (κ1) is 16.5. The van der Waals surface area contributed by atoms with Crippen LogP contribution in [0.3, 0.4) is 0 Å². The van der Waals surface area contributed by atoms with Crippen LogP contribution >= 0.6 is 15.9 Å². The van der Waals surface area contributed by atoms with Crippen LogP contribution in [0.15, 0.2) is 53.0 Å². The number of anilines is 1. The van der Waals surface area contributed by atoms with E-state index in [-0.39, 0.29) is 12.2 Å². The molecule has 0 N–H and O–H groups in total. The summed E-state index contributed by atoms with van der Waals surface area (Å²) in [6.07, 6.45) is 0.348. The topological polar surface area (TPSA) is 38.2 Å². The molecule has 1 aromatic heterocycles. The van der Waals surface area contributed by atoms with Gasteiger partial charge in [0.05, 0.1) is 23.4 Å². The monoisotopic (exact) mass is 397 g/mol. The summed E-state index contributed by atoms with van der Waals surface area (Å²) >= 11 is 3.57. The highest BCUT2D eigenvalue weighted by Gasteiger charge is 2.25. The van der Waals surface area contributed by atoms with E-state index in [1.807, 2.05) is 30.3 Å². The van der Waals surface area contributed by atoms with Gasteiger partial charge in [-0.1, -0.05) is 46.3 Å². The molecule has 1 aliphatic rings. The van der Waals surface area contributed by atoms with Crippen molar-refractivity contribution in [3.8, 4) is 11.3 Å². The van der Waals surface area contributed by atoms with E-state index in [0.29, 0.717) is 0 Å². The average molecular weight is 398 g/mol. The Morgan fingerprint density at radius 3 is 2.44 bits per heavy atom. The maximum atomic E-state index is 5.85. The molecule has 2 atom stereocenters. The zero-order chi connectivity index (χ0) is 17.4. The van der Waals surface area contributed by atoms with Gasteiger partial charge < -0.3 is 9.64 Å². The van der Waals surface area contributed by atoms with Crippen LogP contribution in [0, 0.1) is 0 Å². The molecule has 0 radical (unpaired) electrons. The summed E-state index contributed by atoms with van der Waals surface area (Å²) in [4.78, 5) is 12.0. The minimum atomic E-state index is 0.174. The Labute approximate surface area is 156 Å². The zero-order valence-corrected chi connectivity index (χ0v) is 15.9. The molecule has 128 valence electrons. The third-order valence-corrected chi connectivity index (χ3v) is 4.89. The molecule has 1 saturated heterocycles. The van der Waals surface area contributed by atoms with Crippen LogP contribution in [-0.2, 0) is 4.74 Å². The third-order valence-electron chi connectivity index (χ3n) is 4.40. The van der Waals surface area contributed by atoms with Crippen molar-refractivity contribution in [3.63, 3.8) is 0 Å². The van der Waals surface area contributed by atoms with Gasteiger partial charge in [-0.05, 0) is 32.0 Å². The standard InChI is InChI=1S/C20H20BrN3O/c1-13-11-24(12-14(2)25-13)20-22-18-9-8-16(21)10-17(18)19(23-20)15-6-4-3-5-7-15/h3-10,13-14H,11-12H2,1-2H3/t13-,14+. The summed E-state index contributed by atoms with van der Waals surface area (Å²) in [5.74, 6) is 0.774. The van der Waals surface area contributed by atoms with Crippen molar-refractivity contribution in [1.82, 2.24) is 9.97 Å². The second kappa shape index (κ2) is 6.73. The molecule has 2 heterocycles. The summed E-state index contributed by atoms with van der Waals surface area (Å²) in [6.45, 7) is 5.80. The lowest BCUT2D eigenvalue weighted by Crippen LogP contribution is -2.46. The molecule has 5 heteroatoms. The van der Waals surface area contributed by atoms with Crippen LogP contribution in [0.4, 0.5) is 5.95 Å². The number of nitrogens with zero attached hydrogens (tertiary/aromatic N) is 3. The lowest BCUT2D eigenvalue weighted by Gasteiger charge is -2.35. The van der Waals surface area contributed by atoms with Gasteiger partial charge in [0.2, 0.25) is 5.95 Å². The quantitative estimate of drug-likeness (QED) is 0.629. The molecule has 4 nitrogen and oxygen atoms in total. The Morgan fingerprint density at radius 1 is 1.00 bits per heavy atom. The second-order valence-electron chi connectivity index (χ2n) is 6.56. The van der Waals surface area contributed by atoms with Crippen LogP contribution in [0.25, 0.3) is 22.2 Å². The Hall–Kier alpha value is -1.98. The van der Waals surface area contributed by atoms with Crippen molar-refractivity contribution in [2.45, 2.75) is 26.1 Å². The highest BCUT2D eigenvalue weighted by molar-refractivity contribution is 9.10. The van der Waals surface area contributed by atoms with Crippen LogP contribution in [-0.4, -0.2) is 35.3 Å².